The Balaban J connectivity index is 0.000000281. The molecule has 4 rings (SSSR count). The van der Waals surface area contributed by atoms with Crippen LogP contribution in [0.15, 0.2) is 60.8 Å². The van der Waals surface area contributed by atoms with E-state index >= 15 is 0 Å². The lowest BCUT2D eigenvalue weighted by molar-refractivity contribution is 0.157. The molecule has 0 radical (unpaired) electrons. The van der Waals surface area contributed by atoms with Crippen LogP contribution in [0, 0.1) is 0 Å². The number of rotatable bonds is 15. The van der Waals surface area contributed by atoms with E-state index in [0.29, 0.717) is 45.3 Å². The highest BCUT2D eigenvalue weighted by atomic mass is 28.4. The molecule has 0 amide bonds. The Labute approximate surface area is 318 Å². The second-order valence-corrected chi connectivity index (χ2v) is 32.2. The molecule has 0 saturated heterocycles. The zero-order chi connectivity index (χ0) is 38.3. The Morgan fingerprint density at radius 1 is 0.667 bits per heavy atom. The number of hydrogen-bond acceptors (Lipinski definition) is 4. The third-order valence-corrected chi connectivity index (χ3v) is 29.1. The van der Waals surface area contributed by atoms with Crippen LogP contribution in [0.4, 0.5) is 5.69 Å². The first-order valence-corrected chi connectivity index (χ1v) is 27.1. The van der Waals surface area contributed by atoms with Gasteiger partial charge in [-0.2, -0.15) is 0 Å². The van der Waals surface area contributed by atoms with Crippen molar-refractivity contribution in [2.45, 2.75) is 180 Å². The van der Waals surface area contributed by atoms with Crippen molar-refractivity contribution in [1.29, 1.82) is 0 Å². The Hall–Kier alpha value is -1.78. The average molecular weight is 749 g/mol. The second-order valence-electron chi connectivity index (χ2n) is 17.4. The molecule has 0 bridgehead atoms. The first-order chi connectivity index (χ1) is 24.0. The number of pyridine rings is 1. The lowest BCUT2D eigenvalue weighted by Gasteiger charge is -2.48. The van der Waals surface area contributed by atoms with Gasteiger partial charge >= 0.3 is 0 Å². The molecule has 2 aromatic carbocycles. The van der Waals surface area contributed by atoms with Crippen molar-refractivity contribution >= 4 is 42.0 Å². The normalized spacial score (nSPS) is 18.1. The Bertz CT molecular complexity index is 1440. The molecule has 4 nitrogen and oxygen atoms in total. The lowest BCUT2D eigenvalue weighted by Crippen LogP contribution is -2.52. The number of anilines is 1. The minimum atomic E-state index is -1.89. The van der Waals surface area contributed by atoms with Crippen molar-refractivity contribution < 1.29 is 8.85 Å². The van der Waals surface area contributed by atoms with Crippen LogP contribution in [0.2, 0.25) is 50.9 Å². The molecule has 0 saturated carbocycles. The van der Waals surface area contributed by atoms with Crippen LogP contribution in [0.25, 0.3) is 10.9 Å². The van der Waals surface area contributed by atoms with Crippen molar-refractivity contribution in [1.82, 2.24) is 4.98 Å². The highest BCUT2D eigenvalue weighted by molar-refractivity contribution is 6.78. The molecule has 1 aromatic heterocycles. The molecule has 1 aliphatic rings. The molecule has 286 valence electrons. The standard InChI is InChI=1S/C24H45NOSi2.C20H31NOSi/c1-10-27(11-2)23-16-25-22-15-13-12-14-21(22)24(23)20(9)26-28(17(3)4,18(5)6)19(7)8;1-14(2)23(15(3)4,16(5)6)22-17(7)18-12-13-21-20-11-9-8-10-19(18)20/h12-15,17-20,23-25,27H,10-11,16H2,1-9H3;8-17H,1-7H3/t20-,23-,24+;17-/m00/s1. The third-order valence-electron chi connectivity index (χ3n) is 12.8. The maximum atomic E-state index is 7.32. The number of nitrogens with zero attached hydrogens (tertiary/aromatic N) is 1. The van der Waals surface area contributed by atoms with E-state index in [1.165, 1.54) is 34.3 Å². The first-order valence-electron chi connectivity index (χ1n) is 20.5. The fourth-order valence-electron chi connectivity index (χ4n) is 10.5. The van der Waals surface area contributed by atoms with Gasteiger partial charge in [-0.3, -0.25) is 4.98 Å². The Morgan fingerprint density at radius 2 is 1.16 bits per heavy atom. The molecule has 0 spiro atoms. The number of aromatic nitrogens is 1. The molecular weight excluding hydrogens is 673 g/mol. The molecule has 2 heterocycles. The smallest absolute Gasteiger partial charge is 0.201 e. The molecule has 0 unspecified atom stereocenters. The van der Waals surface area contributed by atoms with Crippen LogP contribution in [-0.4, -0.2) is 43.1 Å². The monoisotopic (exact) mass is 749 g/mol. The number of nitrogens with one attached hydrogen (secondary N) is 1. The quantitative estimate of drug-likeness (QED) is 0.157. The second kappa shape index (κ2) is 19.0. The Morgan fingerprint density at radius 3 is 1.69 bits per heavy atom. The maximum Gasteiger partial charge on any atom is 0.201 e. The highest BCUT2D eigenvalue weighted by Gasteiger charge is 2.49. The summed E-state index contributed by atoms with van der Waals surface area (Å²) in [5.74, 6) is 0.539. The van der Waals surface area contributed by atoms with Gasteiger partial charge in [0, 0.05) is 44.6 Å². The van der Waals surface area contributed by atoms with E-state index in [-0.39, 0.29) is 6.10 Å². The summed E-state index contributed by atoms with van der Waals surface area (Å²) in [7, 11) is -4.58. The highest BCUT2D eigenvalue weighted by Crippen LogP contribution is 2.49. The summed E-state index contributed by atoms with van der Waals surface area (Å²) in [6.07, 6.45) is 2.29. The van der Waals surface area contributed by atoms with E-state index in [0.717, 1.165) is 17.6 Å². The van der Waals surface area contributed by atoms with Gasteiger partial charge in [-0.05, 0) is 82.0 Å². The average Bonchev–Trinajstić information content (AvgIpc) is 3.08. The van der Waals surface area contributed by atoms with Crippen molar-refractivity contribution in [2.75, 3.05) is 11.9 Å². The van der Waals surface area contributed by atoms with Crippen molar-refractivity contribution in [2.24, 2.45) is 0 Å². The van der Waals surface area contributed by atoms with Crippen molar-refractivity contribution in [3.63, 3.8) is 0 Å². The number of para-hydroxylation sites is 2. The largest absolute Gasteiger partial charge is 0.413 e. The topological polar surface area (TPSA) is 43.4 Å². The summed E-state index contributed by atoms with van der Waals surface area (Å²) in [4.78, 5) is 4.48. The van der Waals surface area contributed by atoms with E-state index in [2.05, 4.69) is 170 Å². The molecule has 3 aromatic rings. The van der Waals surface area contributed by atoms with E-state index in [1.807, 2.05) is 12.3 Å². The third kappa shape index (κ3) is 9.30. The molecule has 4 atom stereocenters. The molecular formula is C44H76N2O2Si3. The molecule has 1 N–H and O–H groups in total. The van der Waals surface area contributed by atoms with Crippen LogP contribution in [-0.2, 0) is 8.85 Å². The van der Waals surface area contributed by atoms with Crippen LogP contribution in [0.5, 0.6) is 0 Å². The molecule has 0 fully saturated rings. The van der Waals surface area contributed by atoms with Crippen LogP contribution < -0.4 is 5.32 Å². The zero-order valence-electron chi connectivity index (χ0n) is 35.5. The van der Waals surface area contributed by atoms with Crippen LogP contribution in [0.1, 0.15) is 134 Å². The minimum Gasteiger partial charge on any atom is -0.413 e. The van der Waals surface area contributed by atoms with E-state index < -0.39 is 25.4 Å². The van der Waals surface area contributed by atoms with E-state index in [9.17, 15) is 0 Å². The fourth-order valence-corrected chi connectivity index (χ4v) is 25.1. The number of hydrogen-bond donors (Lipinski definition) is 1. The van der Waals surface area contributed by atoms with Gasteiger partial charge in [0.25, 0.3) is 0 Å². The molecule has 7 heteroatoms. The van der Waals surface area contributed by atoms with Gasteiger partial charge in [0.05, 0.1) is 11.6 Å². The van der Waals surface area contributed by atoms with E-state index in [4.69, 9.17) is 8.85 Å². The SMILES string of the molecule is CC(C)[Si](O[C@@H](C)c1ccnc2ccccc12)(C(C)C)C(C)C.CC[SiH](CC)[C@H]1CNc2ccccc2[C@H]1[C@H](C)O[Si](C(C)C)(C(C)C)C(C)C. The predicted molar refractivity (Wildman–Crippen MR) is 233 cm³/mol. The summed E-state index contributed by atoms with van der Waals surface area (Å²) in [6.45, 7) is 39.0. The van der Waals surface area contributed by atoms with E-state index in [1.54, 1.807) is 0 Å². The van der Waals surface area contributed by atoms with Gasteiger partial charge < -0.3 is 14.2 Å². The maximum absolute atomic E-state index is 7.32. The van der Waals surface area contributed by atoms with Gasteiger partial charge in [-0.25, -0.2) is 0 Å². The predicted octanol–water partition coefficient (Wildman–Crippen LogP) is 13.9. The van der Waals surface area contributed by atoms with Gasteiger partial charge in [0.2, 0.25) is 16.6 Å². The molecule has 0 aliphatic carbocycles. The van der Waals surface area contributed by atoms with Crippen molar-refractivity contribution in [3.05, 3.63) is 71.9 Å². The number of benzene rings is 2. The zero-order valence-corrected chi connectivity index (χ0v) is 38.7. The molecule has 1 aliphatic heterocycles. The molecule has 51 heavy (non-hydrogen) atoms. The summed E-state index contributed by atoms with van der Waals surface area (Å²) in [5, 5.41) is 4.98. The van der Waals surface area contributed by atoms with Crippen molar-refractivity contribution in [3.8, 4) is 0 Å². The summed E-state index contributed by atoms with van der Waals surface area (Å²) in [6, 6.07) is 22.2. The van der Waals surface area contributed by atoms with Crippen LogP contribution >= 0.6 is 0 Å². The minimum absolute atomic E-state index is 0.0989. The summed E-state index contributed by atoms with van der Waals surface area (Å²) < 4.78 is 14.2. The van der Waals surface area contributed by atoms with Gasteiger partial charge in [0.1, 0.15) is 0 Å². The fraction of sp³-hybridized carbons (Fsp3) is 0.659. The van der Waals surface area contributed by atoms with Gasteiger partial charge in [-0.15, -0.1) is 0 Å². The number of fused-ring (bicyclic) bond motifs is 2. The lowest BCUT2D eigenvalue weighted by atomic mass is 9.86. The van der Waals surface area contributed by atoms with Gasteiger partial charge in [0.15, 0.2) is 0 Å². The van der Waals surface area contributed by atoms with Gasteiger partial charge in [-0.1, -0.05) is 145 Å². The summed E-state index contributed by atoms with van der Waals surface area (Å²) in [5.41, 5.74) is 9.62. The summed E-state index contributed by atoms with van der Waals surface area (Å²) >= 11 is 0. The first kappa shape index (κ1) is 43.6. The Kier molecular flexibility index (Phi) is 16.3. The van der Waals surface area contributed by atoms with Crippen LogP contribution in [0.3, 0.4) is 0 Å².